The SMILES string of the molecule is CCNC(C)(C#N)CCOC1CCCCC1. The third kappa shape index (κ3) is 4.51. The average molecular weight is 224 g/mol. The van der Waals surface area contributed by atoms with E-state index >= 15 is 0 Å². The summed E-state index contributed by atoms with van der Waals surface area (Å²) >= 11 is 0. The van der Waals surface area contributed by atoms with E-state index in [0.29, 0.717) is 12.7 Å². The quantitative estimate of drug-likeness (QED) is 0.754. The second-order valence-corrected chi connectivity index (χ2v) is 4.86. The van der Waals surface area contributed by atoms with E-state index < -0.39 is 5.54 Å². The molecule has 0 saturated heterocycles. The van der Waals surface area contributed by atoms with E-state index in [4.69, 9.17) is 10.00 Å². The van der Waals surface area contributed by atoms with Gasteiger partial charge in [0.05, 0.1) is 12.2 Å². The standard InChI is InChI=1S/C13H24N2O/c1-3-15-13(2,11-14)9-10-16-12-7-5-4-6-8-12/h12,15H,3-10H2,1-2H3. The predicted octanol–water partition coefficient (Wildman–Crippen LogP) is 2.62. The molecule has 0 amide bonds. The maximum absolute atomic E-state index is 9.09. The zero-order chi connectivity index (χ0) is 11.9. The van der Waals surface area contributed by atoms with Gasteiger partial charge in [0.15, 0.2) is 0 Å². The Morgan fingerprint density at radius 2 is 2.06 bits per heavy atom. The maximum atomic E-state index is 9.09. The van der Waals surface area contributed by atoms with E-state index in [1.54, 1.807) is 0 Å². The number of rotatable bonds is 6. The molecule has 1 aliphatic rings. The Morgan fingerprint density at radius 3 is 2.62 bits per heavy atom. The number of hydrogen-bond acceptors (Lipinski definition) is 3. The minimum atomic E-state index is -0.427. The molecule has 0 aromatic rings. The van der Waals surface area contributed by atoms with Crippen molar-refractivity contribution in [3.63, 3.8) is 0 Å². The summed E-state index contributed by atoms with van der Waals surface area (Å²) in [5.74, 6) is 0. The summed E-state index contributed by atoms with van der Waals surface area (Å²) in [4.78, 5) is 0. The maximum Gasteiger partial charge on any atom is 0.106 e. The monoisotopic (exact) mass is 224 g/mol. The van der Waals surface area contributed by atoms with E-state index in [1.807, 2.05) is 13.8 Å². The Bertz CT molecular complexity index is 231. The molecule has 1 unspecified atom stereocenters. The summed E-state index contributed by atoms with van der Waals surface area (Å²) in [5.41, 5.74) is -0.427. The van der Waals surface area contributed by atoms with Crippen molar-refractivity contribution >= 4 is 0 Å². The van der Waals surface area contributed by atoms with Crippen molar-refractivity contribution in [1.29, 1.82) is 5.26 Å². The Balaban J connectivity index is 2.20. The molecular weight excluding hydrogens is 200 g/mol. The molecule has 3 nitrogen and oxygen atoms in total. The highest BCUT2D eigenvalue weighted by Crippen LogP contribution is 2.21. The summed E-state index contributed by atoms with van der Waals surface area (Å²) in [6.45, 7) is 5.49. The van der Waals surface area contributed by atoms with Gasteiger partial charge in [0.2, 0.25) is 0 Å². The third-order valence-electron chi connectivity index (χ3n) is 3.32. The lowest BCUT2D eigenvalue weighted by Gasteiger charge is -2.26. The van der Waals surface area contributed by atoms with Crippen LogP contribution in [0.3, 0.4) is 0 Å². The van der Waals surface area contributed by atoms with E-state index in [1.165, 1.54) is 32.1 Å². The van der Waals surface area contributed by atoms with Crippen molar-refractivity contribution in [2.45, 2.75) is 64.0 Å². The van der Waals surface area contributed by atoms with Crippen molar-refractivity contribution in [3.8, 4) is 6.07 Å². The van der Waals surface area contributed by atoms with Crippen LogP contribution in [0.1, 0.15) is 52.4 Å². The van der Waals surface area contributed by atoms with Gasteiger partial charge in [-0.2, -0.15) is 5.26 Å². The second kappa shape index (κ2) is 6.88. The molecule has 1 atom stereocenters. The normalized spacial score (nSPS) is 21.3. The number of nitriles is 1. The van der Waals surface area contributed by atoms with Crippen LogP contribution >= 0.6 is 0 Å². The minimum absolute atomic E-state index is 0.427. The van der Waals surface area contributed by atoms with Crippen molar-refractivity contribution in [2.24, 2.45) is 0 Å². The van der Waals surface area contributed by atoms with Crippen LogP contribution in [0.25, 0.3) is 0 Å². The number of nitrogens with zero attached hydrogens (tertiary/aromatic N) is 1. The van der Waals surface area contributed by atoms with E-state index in [-0.39, 0.29) is 0 Å². The molecule has 0 aromatic heterocycles. The zero-order valence-corrected chi connectivity index (χ0v) is 10.6. The number of nitrogens with one attached hydrogen (secondary N) is 1. The van der Waals surface area contributed by atoms with Gasteiger partial charge in [-0.1, -0.05) is 26.2 Å². The van der Waals surface area contributed by atoms with Crippen molar-refractivity contribution in [3.05, 3.63) is 0 Å². The first-order valence-electron chi connectivity index (χ1n) is 6.48. The largest absolute Gasteiger partial charge is 0.378 e. The summed E-state index contributed by atoms with van der Waals surface area (Å²) in [7, 11) is 0. The Kier molecular flexibility index (Phi) is 5.79. The molecular formula is C13H24N2O. The highest BCUT2D eigenvalue weighted by Gasteiger charge is 2.23. The molecule has 1 aliphatic carbocycles. The molecule has 0 radical (unpaired) electrons. The number of hydrogen-bond donors (Lipinski definition) is 1. The van der Waals surface area contributed by atoms with Gasteiger partial charge in [-0.25, -0.2) is 0 Å². The van der Waals surface area contributed by atoms with Crippen molar-refractivity contribution in [2.75, 3.05) is 13.2 Å². The van der Waals surface area contributed by atoms with Gasteiger partial charge >= 0.3 is 0 Å². The van der Waals surface area contributed by atoms with Crippen LogP contribution in [0.4, 0.5) is 0 Å². The Labute approximate surface area is 99.2 Å². The smallest absolute Gasteiger partial charge is 0.106 e. The van der Waals surface area contributed by atoms with Gasteiger partial charge in [-0.15, -0.1) is 0 Å². The first-order valence-corrected chi connectivity index (χ1v) is 6.48. The van der Waals surface area contributed by atoms with E-state index in [0.717, 1.165) is 13.0 Å². The molecule has 1 N–H and O–H groups in total. The second-order valence-electron chi connectivity index (χ2n) is 4.86. The van der Waals surface area contributed by atoms with Gasteiger partial charge in [-0.05, 0) is 26.3 Å². The summed E-state index contributed by atoms with van der Waals surface area (Å²) in [5, 5.41) is 12.3. The topological polar surface area (TPSA) is 45.0 Å². The molecule has 92 valence electrons. The zero-order valence-electron chi connectivity index (χ0n) is 10.6. The van der Waals surface area contributed by atoms with E-state index in [2.05, 4.69) is 11.4 Å². The molecule has 3 heteroatoms. The lowest BCUT2D eigenvalue weighted by molar-refractivity contribution is 0.0209. The molecule has 0 spiro atoms. The lowest BCUT2D eigenvalue weighted by Crippen LogP contribution is -2.42. The molecule has 1 rings (SSSR count). The van der Waals surface area contributed by atoms with Crippen LogP contribution < -0.4 is 5.32 Å². The van der Waals surface area contributed by atoms with Gasteiger partial charge in [0.25, 0.3) is 0 Å². The van der Waals surface area contributed by atoms with Crippen molar-refractivity contribution < 1.29 is 4.74 Å². The number of ether oxygens (including phenoxy) is 1. The average Bonchev–Trinajstić information content (AvgIpc) is 2.31. The predicted molar refractivity (Wildman–Crippen MR) is 65.1 cm³/mol. The third-order valence-corrected chi connectivity index (χ3v) is 3.32. The van der Waals surface area contributed by atoms with Gasteiger partial charge < -0.3 is 4.74 Å². The fourth-order valence-corrected chi connectivity index (χ4v) is 2.24. The van der Waals surface area contributed by atoms with Gasteiger partial charge in [0, 0.05) is 13.0 Å². The van der Waals surface area contributed by atoms with Crippen LogP contribution in [-0.4, -0.2) is 24.8 Å². The summed E-state index contributed by atoms with van der Waals surface area (Å²) in [6, 6.07) is 2.33. The summed E-state index contributed by atoms with van der Waals surface area (Å²) < 4.78 is 5.84. The van der Waals surface area contributed by atoms with Crippen LogP contribution in [0.2, 0.25) is 0 Å². The van der Waals surface area contributed by atoms with Gasteiger partial charge in [-0.3, -0.25) is 5.32 Å². The van der Waals surface area contributed by atoms with Crippen LogP contribution in [0.15, 0.2) is 0 Å². The van der Waals surface area contributed by atoms with Crippen molar-refractivity contribution in [1.82, 2.24) is 5.32 Å². The van der Waals surface area contributed by atoms with Crippen LogP contribution in [0, 0.1) is 11.3 Å². The molecule has 0 aromatic carbocycles. The fourth-order valence-electron chi connectivity index (χ4n) is 2.24. The molecule has 0 aliphatic heterocycles. The lowest BCUT2D eigenvalue weighted by atomic mass is 9.97. The molecule has 0 heterocycles. The molecule has 1 saturated carbocycles. The van der Waals surface area contributed by atoms with E-state index in [9.17, 15) is 0 Å². The molecule has 0 bridgehead atoms. The Hall–Kier alpha value is -0.590. The summed E-state index contributed by atoms with van der Waals surface area (Å²) in [6.07, 6.45) is 7.56. The molecule has 1 fully saturated rings. The highest BCUT2D eigenvalue weighted by molar-refractivity contribution is 5.03. The first-order chi connectivity index (χ1) is 7.70. The fraction of sp³-hybridized carbons (Fsp3) is 0.923. The molecule has 16 heavy (non-hydrogen) atoms. The Morgan fingerprint density at radius 1 is 1.38 bits per heavy atom. The van der Waals surface area contributed by atoms with Crippen LogP contribution in [0.5, 0.6) is 0 Å². The minimum Gasteiger partial charge on any atom is -0.378 e. The van der Waals surface area contributed by atoms with Gasteiger partial charge in [0.1, 0.15) is 5.54 Å². The highest BCUT2D eigenvalue weighted by atomic mass is 16.5. The van der Waals surface area contributed by atoms with Crippen LogP contribution in [-0.2, 0) is 4.74 Å². The first kappa shape index (κ1) is 13.5.